The van der Waals surface area contributed by atoms with Crippen molar-refractivity contribution in [3.63, 3.8) is 0 Å². The summed E-state index contributed by atoms with van der Waals surface area (Å²) in [6, 6.07) is 21.0. The molecule has 2 saturated heterocycles. The molecule has 2 amide bonds. The average Bonchev–Trinajstić information content (AvgIpc) is 3.06. The van der Waals surface area contributed by atoms with E-state index in [2.05, 4.69) is 17.0 Å². The second-order valence-electron chi connectivity index (χ2n) is 13.4. The molecule has 1 unspecified atom stereocenters. The Kier molecular flexibility index (Phi) is 12.1. The molecule has 0 spiro atoms. The summed E-state index contributed by atoms with van der Waals surface area (Å²) in [6.45, 7) is 11.6. The first-order chi connectivity index (χ1) is 22.4. The Morgan fingerprint density at radius 3 is 2.11 bits per heavy atom. The topological polar surface area (TPSA) is 121 Å². The van der Waals surface area contributed by atoms with Crippen LogP contribution in [0.5, 0.6) is 0 Å². The second kappa shape index (κ2) is 16.0. The molecule has 47 heavy (non-hydrogen) atoms. The maximum absolute atomic E-state index is 13.6. The Morgan fingerprint density at radius 2 is 1.55 bits per heavy atom. The van der Waals surface area contributed by atoms with E-state index in [4.69, 9.17) is 0 Å². The number of carbonyl (C=O) groups is 3. The summed E-state index contributed by atoms with van der Waals surface area (Å²) < 4.78 is 6.02. The van der Waals surface area contributed by atoms with Crippen LogP contribution in [0.4, 0.5) is 0 Å². The third-order valence-corrected chi connectivity index (χ3v) is 8.61. The predicted octanol–water partition coefficient (Wildman–Crippen LogP) is 4.07. The number of aliphatic hydroxyl groups is 1. The number of carbonyl (C=O) groups excluding carboxylic acids is 3. The molecule has 10 heteroatoms. The quantitative estimate of drug-likeness (QED) is 0.355. The lowest BCUT2D eigenvalue weighted by molar-refractivity contribution is -0.139. The largest absolute Gasteiger partial charge is 0.462 e. The minimum atomic E-state index is -1.14. The van der Waals surface area contributed by atoms with E-state index in [1.54, 1.807) is 6.20 Å². The smallest absolute Gasteiger partial charge is 0.293 e. The highest BCUT2D eigenvalue weighted by Crippen LogP contribution is 2.28. The average molecular weight is 645 g/mol. The molecule has 1 aromatic heterocycles. The van der Waals surface area contributed by atoms with Gasteiger partial charge in [0.15, 0.2) is 0 Å². The van der Waals surface area contributed by atoms with E-state index < -0.39 is 5.60 Å². The molecule has 0 aliphatic carbocycles. The molecule has 1 atom stereocenters. The summed E-state index contributed by atoms with van der Waals surface area (Å²) in [5, 5.41) is 14.7. The molecule has 2 fully saturated rings. The molecule has 10 nitrogen and oxygen atoms in total. The fourth-order valence-electron chi connectivity index (χ4n) is 5.84. The third-order valence-electron chi connectivity index (χ3n) is 8.61. The Bertz CT molecular complexity index is 1540. The van der Waals surface area contributed by atoms with Gasteiger partial charge in [0.1, 0.15) is 5.60 Å². The number of pyridine rings is 1. The number of hydrogen-bond acceptors (Lipinski definition) is 7. The Morgan fingerprint density at radius 1 is 0.957 bits per heavy atom. The highest BCUT2D eigenvalue weighted by Gasteiger charge is 2.35. The van der Waals surface area contributed by atoms with Crippen LogP contribution in [-0.2, 0) is 20.9 Å². The van der Waals surface area contributed by atoms with Crippen LogP contribution in [0.1, 0.15) is 68.8 Å². The van der Waals surface area contributed by atoms with Gasteiger partial charge in [-0.1, -0.05) is 67.6 Å². The van der Waals surface area contributed by atoms with Gasteiger partial charge in [0.05, 0.1) is 17.7 Å². The predicted molar refractivity (Wildman–Crippen MR) is 182 cm³/mol. The van der Waals surface area contributed by atoms with E-state index in [0.717, 1.165) is 24.2 Å². The lowest BCUT2D eigenvalue weighted by atomic mass is 9.90. The van der Waals surface area contributed by atoms with Crippen LogP contribution in [0, 0.1) is 0 Å². The van der Waals surface area contributed by atoms with E-state index in [9.17, 15) is 24.3 Å². The molecular formula is C37H48N4O6. The molecule has 0 bridgehead atoms. The first-order valence-electron chi connectivity index (χ1n) is 16.4. The van der Waals surface area contributed by atoms with Crippen LogP contribution in [0.3, 0.4) is 0 Å². The zero-order valence-corrected chi connectivity index (χ0v) is 28.0. The fourth-order valence-corrected chi connectivity index (χ4v) is 5.84. The molecular weight excluding hydrogens is 596 g/mol. The number of rotatable bonds is 8. The van der Waals surface area contributed by atoms with Crippen molar-refractivity contribution in [3.8, 4) is 11.1 Å². The van der Waals surface area contributed by atoms with Gasteiger partial charge in [-0.3, -0.25) is 19.2 Å². The SMILES string of the molecule is CC(C)(C)OC=O.CC(CC(=O)N1CCC(O)(Cn2cc(C(=O)N3CCNCC3)c(-c3ccccc3)cc2=O)CC1)c1ccccc1. The number of piperidine rings is 1. The molecule has 5 rings (SSSR count). The van der Waals surface area contributed by atoms with Crippen molar-refractivity contribution < 1.29 is 24.2 Å². The molecule has 2 aliphatic heterocycles. The normalized spacial score (nSPS) is 16.8. The van der Waals surface area contributed by atoms with Crippen molar-refractivity contribution >= 4 is 18.3 Å². The zero-order chi connectivity index (χ0) is 34.0. The molecule has 252 valence electrons. The highest BCUT2D eigenvalue weighted by molar-refractivity contribution is 6.00. The maximum atomic E-state index is 13.6. The highest BCUT2D eigenvalue weighted by atomic mass is 16.5. The summed E-state index contributed by atoms with van der Waals surface area (Å²) in [4.78, 5) is 53.1. The summed E-state index contributed by atoms with van der Waals surface area (Å²) >= 11 is 0. The van der Waals surface area contributed by atoms with Crippen LogP contribution < -0.4 is 10.9 Å². The van der Waals surface area contributed by atoms with Crippen molar-refractivity contribution in [1.29, 1.82) is 0 Å². The van der Waals surface area contributed by atoms with Gasteiger partial charge in [0, 0.05) is 63.5 Å². The molecule has 0 saturated carbocycles. The molecule has 2 aliphatic rings. The van der Waals surface area contributed by atoms with Crippen LogP contribution >= 0.6 is 0 Å². The maximum Gasteiger partial charge on any atom is 0.293 e. The van der Waals surface area contributed by atoms with Gasteiger partial charge in [-0.05, 0) is 50.7 Å². The zero-order valence-electron chi connectivity index (χ0n) is 28.0. The molecule has 2 N–H and O–H groups in total. The number of hydrogen-bond donors (Lipinski definition) is 2. The van der Waals surface area contributed by atoms with E-state index in [1.165, 1.54) is 10.6 Å². The number of nitrogens with one attached hydrogen (secondary N) is 1. The molecule has 2 aromatic carbocycles. The minimum Gasteiger partial charge on any atom is -0.462 e. The van der Waals surface area contributed by atoms with Crippen molar-refractivity contribution in [2.24, 2.45) is 0 Å². The van der Waals surface area contributed by atoms with Crippen LogP contribution in [-0.4, -0.2) is 88.2 Å². The third kappa shape index (κ3) is 10.1. The first kappa shape index (κ1) is 35.6. The Labute approximate surface area is 277 Å². The summed E-state index contributed by atoms with van der Waals surface area (Å²) in [5.41, 5.74) is 1.27. The first-order valence-corrected chi connectivity index (χ1v) is 16.4. The van der Waals surface area contributed by atoms with Gasteiger partial charge in [-0.25, -0.2) is 0 Å². The van der Waals surface area contributed by atoms with Gasteiger partial charge in [0.25, 0.3) is 17.9 Å². The Balaban J connectivity index is 0.000000644. The number of nitrogens with zero attached hydrogens (tertiary/aromatic N) is 3. The van der Waals surface area contributed by atoms with Crippen molar-refractivity contribution in [3.05, 3.63) is 94.4 Å². The summed E-state index contributed by atoms with van der Waals surface area (Å²) in [7, 11) is 0. The van der Waals surface area contributed by atoms with Gasteiger partial charge in [-0.2, -0.15) is 0 Å². The molecule has 0 radical (unpaired) electrons. The van der Waals surface area contributed by atoms with E-state index in [1.807, 2.05) is 91.2 Å². The van der Waals surface area contributed by atoms with Crippen molar-refractivity contribution in [1.82, 2.24) is 19.7 Å². The Hall–Kier alpha value is -4.28. The van der Waals surface area contributed by atoms with E-state index >= 15 is 0 Å². The summed E-state index contributed by atoms with van der Waals surface area (Å²) in [5.74, 6) is 0.0728. The number of aromatic nitrogens is 1. The number of likely N-dealkylation sites (tertiary alicyclic amines) is 1. The second-order valence-corrected chi connectivity index (χ2v) is 13.4. The van der Waals surface area contributed by atoms with Crippen molar-refractivity contribution in [2.75, 3.05) is 39.3 Å². The lowest BCUT2D eigenvalue weighted by Crippen LogP contribution is -2.50. The number of piperazine rings is 1. The summed E-state index contributed by atoms with van der Waals surface area (Å²) in [6.07, 6.45) is 2.77. The van der Waals surface area contributed by atoms with Crippen molar-refractivity contribution in [2.45, 2.75) is 70.6 Å². The fraction of sp³-hybridized carbons (Fsp3) is 0.459. The molecule has 3 heterocycles. The van der Waals surface area contributed by atoms with Crippen LogP contribution in [0.15, 0.2) is 77.7 Å². The lowest BCUT2D eigenvalue weighted by Gasteiger charge is -2.39. The van der Waals surface area contributed by atoms with Crippen LogP contribution in [0.25, 0.3) is 11.1 Å². The standard InChI is InChI=1S/C32H38N4O4.C5H10O2/c1-24(25-8-4-2-5-9-25)20-29(37)34-16-12-32(40,13-17-34)23-36-22-28(31(39)35-18-14-33-15-19-35)27(21-30(36)38)26-10-6-3-7-11-26;1-5(2,3)7-4-6/h2-11,21-22,24,33,40H,12-20,23H2,1H3;4H,1-3H3. The number of benzene rings is 2. The number of ether oxygens (including phenoxy) is 1. The van der Waals surface area contributed by atoms with Gasteiger partial charge in [-0.15, -0.1) is 0 Å². The van der Waals surface area contributed by atoms with Gasteiger partial charge < -0.3 is 29.5 Å². The van der Waals surface area contributed by atoms with E-state index in [0.29, 0.717) is 63.0 Å². The monoisotopic (exact) mass is 644 g/mol. The number of amides is 2. The minimum absolute atomic E-state index is 0.0746. The van der Waals surface area contributed by atoms with Gasteiger partial charge >= 0.3 is 0 Å². The molecule has 3 aromatic rings. The van der Waals surface area contributed by atoms with E-state index in [-0.39, 0.29) is 35.4 Å². The van der Waals surface area contributed by atoms with Crippen LogP contribution in [0.2, 0.25) is 0 Å². The van der Waals surface area contributed by atoms with Gasteiger partial charge in [0.2, 0.25) is 5.91 Å².